The molecule has 0 spiro atoms. The molecule has 3 aromatic carbocycles. The van der Waals surface area contributed by atoms with Crippen LogP contribution in [0.2, 0.25) is 0 Å². The summed E-state index contributed by atoms with van der Waals surface area (Å²) in [6.45, 7) is 2.85. The van der Waals surface area contributed by atoms with E-state index < -0.39 is 0 Å². The number of para-hydroxylation sites is 1. The number of aliphatic hydroxyl groups is 1. The summed E-state index contributed by atoms with van der Waals surface area (Å²) in [5.41, 5.74) is 4.88. The zero-order valence-electron chi connectivity index (χ0n) is 19.6. The van der Waals surface area contributed by atoms with Gasteiger partial charge in [0.05, 0.1) is 5.76 Å². The van der Waals surface area contributed by atoms with Gasteiger partial charge in [0.15, 0.2) is 5.78 Å². The van der Waals surface area contributed by atoms with Gasteiger partial charge < -0.3 is 5.11 Å². The second-order valence-corrected chi connectivity index (χ2v) is 10.4. The van der Waals surface area contributed by atoms with E-state index in [-0.39, 0.29) is 46.2 Å². The molecule has 1 N–H and O–H groups in total. The second-order valence-electron chi connectivity index (χ2n) is 8.17. The Morgan fingerprint density at radius 3 is 2.47 bits per heavy atom. The molecule has 0 atom stereocenters. The van der Waals surface area contributed by atoms with Gasteiger partial charge in [-0.3, -0.25) is 4.79 Å². The van der Waals surface area contributed by atoms with E-state index in [2.05, 4.69) is 60.7 Å². The first-order valence-corrected chi connectivity index (χ1v) is 12.9. The van der Waals surface area contributed by atoms with Crippen LogP contribution < -0.4 is 0 Å². The first kappa shape index (κ1) is 25.8. The molecular formula is C30H22IrNO3Se-. The molecule has 0 fully saturated rings. The number of carbonyl (C=O) groups excluding carboxylic acids is 1. The molecule has 0 amide bonds. The van der Waals surface area contributed by atoms with Crippen molar-refractivity contribution in [2.45, 2.75) is 13.8 Å². The van der Waals surface area contributed by atoms with Gasteiger partial charge in [-0.25, -0.2) is 0 Å². The number of allylic oxidation sites excluding steroid dienone is 2. The molecule has 36 heavy (non-hydrogen) atoms. The molecule has 0 saturated heterocycles. The molecule has 3 heterocycles. The van der Waals surface area contributed by atoms with Gasteiger partial charge in [0.2, 0.25) is 0 Å². The molecule has 1 radical (unpaired) electrons. The van der Waals surface area contributed by atoms with Crippen molar-refractivity contribution in [1.82, 2.24) is 4.98 Å². The number of fused-ring (bicyclic) bond motifs is 4. The Hall–Kier alpha value is -3.27. The molecule has 6 rings (SSSR count). The van der Waals surface area contributed by atoms with E-state index in [1.165, 1.54) is 39.6 Å². The monoisotopic (exact) mass is 717 g/mol. The number of ketones is 1. The summed E-state index contributed by atoms with van der Waals surface area (Å²) in [6, 6.07) is 30.6. The molecule has 0 unspecified atom stereocenters. The van der Waals surface area contributed by atoms with E-state index in [4.69, 9.17) is 14.5 Å². The Morgan fingerprint density at radius 1 is 1.00 bits per heavy atom. The molecule has 0 bridgehead atoms. The molecule has 4 nitrogen and oxygen atoms in total. The summed E-state index contributed by atoms with van der Waals surface area (Å²) < 4.78 is 8.89. The Morgan fingerprint density at radius 2 is 1.75 bits per heavy atom. The minimum absolute atomic E-state index is 0. The van der Waals surface area contributed by atoms with Crippen molar-refractivity contribution in [2.75, 3.05) is 0 Å². The number of pyridine rings is 1. The van der Waals surface area contributed by atoms with Crippen LogP contribution in [0.25, 0.3) is 52.8 Å². The average Bonchev–Trinajstić information content (AvgIpc) is 3.45. The van der Waals surface area contributed by atoms with Gasteiger partial charge >= 0.3 is 168 Å². The van der Waals surface area contributed by atoms with Crippen LogP contribution in [-0.2, 0) is 24.9 Å². The predicted molar refractivity (Wildman–Crippen MR) is 143 cm³/mol. The molecular weight excluding hydrogens is 694 g/mol. The van der Waals surface area contributed by atoms with Crippen molar-refractivity contribution in [3.8, 4) is 21.3 Å². The third-order valence-electron chi connectivity index (χ3n) is 5.47. The van der Waals surface area contributed by atoms with Crippen LogP contribution in [0, 0.1) is 6.07 Å². The van der Waals surface area contributed by atoms with Gasteiger partial charge in [-0.05, 0) is 13.8 Å². The zero-order chi connectivity index (χ0) is 24.4. The SMILES string of the molecule is CC(=O)/C=C(/C)O.[Ir].[c-]1ccc2c(oc3ccccc32)c1-c1cc2cc(-c3ccccc3)[se]c2cn1. The number of aliphatic hydroxyl groups excluding tert-OH is 1. The van der Waals surface area contributed by atoms with E-state index >= 15 is 0 Å². The summed E-state index contributed by atoms with van der Waals surface area (Å²) in [5, 5.41) is 11.9. The zero-order valence-corrected chi connectivity index (χ0v) is 23.7. The third-order valence-corrected chi connectivity index (χ3v) is 7.85. The van der Waals surface area contributed by atoms with Crippen molar-refractivity contribution >= 4 is 51.9 Å². The van der Waals surface area contributed by atoms with Crippen LogP contribution in [0.15, 0.2) is 101 Å². The number of rotatable bonds is 3. The van der Waals surface area contributed by atoms with E-state index in [1.807, 2.05) is 30.5 Å². The van der Waals surface area contributed by atoms with Crippen LogP contribution in [0.1, 0.15) is 13.8 Å². The molecule has 6 heteroatoms. The Bertz CT molecular complexity index is 1700. The fourth-order valence-corrected chi connectivity index (χ4v) is 6.14. The number of carbonyl (C=O) groups is 1. The first-order valence-electron chi connectivity index (χ1n) is 11.1. The summed E-state index contributed by atoms with van der Waals surface area (Å²) in [6.07, 6.45) is 3.19. The molecule has 3 aromatic heterocycles. The van der Waals surface area contributed by atoms with Crippen molar-refractivity contribution in [3.63, 3.8) is 0 Å². The fourth-order valence-electron chi connectivity index (χ4n) is 4.00. The Balaban J connectivity index is 0.000000338. The molecule has 0 aliphatic carbocycles. The molecule has 0 aliphatic rings. The van der Waals surface area contributed by atoms with Crippen molar-refractivity contribution in [2.24, 2.45) is 0 Å². The number of nitrogens with zero attached hydrogens (tertiary/aromatic N) is 1. The topological polar surface area (TPSA) is 63.3 Å². The minimum atomic E-state index is -0.125. The third kappa shape index (κ3) is 5.43. The predicted octanol–water partition coefficient (Wildman–Crippen LogP) is 7.36. The maximum absolute atomic E-state index is 10.0. The van der Waals surface area contributed by atoms with Crippen LogP contribution >= 0.6 is 0 Å². The summed E-state index contributed by atoms with van der Waals surface area (Å²) in [5.74, 6) is -0.0625. The number of aromatic nitrogens is 1. The van der Waals surface area contributed by atoms with Crippen LogP contribution in [-0.4, -0.2) is 30.4 Å². The summed E-state index contributed by atoms with van der Waals surface area (Å²) in [7, 11) is 0. The summed E-state index contributed by atoms with van der Waals surface area (Å²) >= 11 is 0.289. The Labute approximate surface area is 228 Å². The van der Waals surface area contributed by atoms with E-state index in [0.29, 0.717) is 0 Å². The van der Waals surface area contributed by atoms with E-state index in [9.17, 15) is 4.79 Å². The Kier molecular flexibility index (Phi) is 8.03. The standard InChI is InChI=1S/C25H14NOSe.C5H8O2.Ir/c1-2-7-16(8-3-1)23-14-17-13-21(26-15-24(17)28-23)20-11-6-10-19-18-9-4-5-12-22(18)27-25(19)20;1-4(6)3-5(2)7;/h1-10,12-15H;3,6H,1-2H3;/q-1;;/b;4-3-;. The molecule has 0 aliphatic heterocycles. The normalized spacial score (nSPS) is 11.2. The number of furan rings is 1. The van der Waals surface area contributed by atoms with Gasteiger partial charge in [0, 0.05) is 26.2 Å². The summed E-state index contributed by atoms with van der Waals surface area (Å²) in [4.78, 5) is 14.8. The van der Waals surface area contributed by atoms with Gasteiger partial charge in [-0.15, -0.1) is 0 Å². The molecule has 0 saturated carbocycles. The van der Waals surface area contributed by atoms with Crippen LogP contribution in [0.4, 0.5) is 0 Å². The van der Waals surface area contributed by atoms with Gasteiger partial charge in [-0.1, -0.05) is 0 Å². The van der Waals surface area contributed by atoms with Gasteiger partial charge in [0.25, 0.3) is 0 Å². The van der Waals surface area contributed by atoms with Crippen LogP contribution in [0.3, 0.4) is 0 Å². The number of hydrogen-bond donors (Lipinski definition) is 1. The fraction of sp³-hybridized carbons (Fsp3) is 0.0667. The van der Waals surface area contributed by atoms with E-state index in [1.54, 1.807) is 0 Å². The van der Waals surface area contributed by atoms with Crippen molar-refractivity contribution < 1.29 is 34.4 Å². The quantitative estimate of drug-likeness (QED) is 0.0901. The average molecular weight is 716 g/mol. The van der Waals surface area contributed by atoms with Crippen molar-refractivity contribution in [1.29, 1.82) is 0 Å². The van der Waals surface area contributed by atoms with Gasteiger partial charge in [0.1, 0.15) is 0 Å². The maximum atomic E-state index is 10.0. The van der Waals surface area contributed by atoms with Gasteiger partial charge in [-0.2, -0.15) is 0 Å². The van der Waals surface area contributed by atoms with E-state index in [0.717, 1.165) is 33.2 Å². The van der Waals surface area contributed by atoms with Crippen molar-refractivity contribution in [3.05, 3.63) is 103 Å². The second kappa shape index (κ2) is 11.2. The first-order chi connectivity index (χ1) is 17.0. The number of benzene rings is 3. The molecule has 6 aromatic rings. The molecule has 181 valence electrons. The van der Waals surface area contributed by atoms with Crippen LogP contribution in [0.5, 0.6) is 0 Å². The number of hydrogen-bond acceptors (Lipinski definition) is 4.